The second-order valence-corrected chi connectivity index (χ2v) is 11.4. The maximum absolute atomic E-state index is 12.4. The SMILES string of the molecule is C[C@H](NC(=O)OCc1ccccc1)C(=O)NCC(=O)NCCC(=O)N[C@@H](Cc1ccc(OC(=O)[C@H](C)NC(=O)OCc2ccccc2)cc1)C(=O)O. The molecule has 0 saturated heterocycles. The fourth-order valence-corrected chi connectivity index (χ4v) is 4.31. The molecule has 3 aromatic carbocycles. The molecule has 16 nitrogen and oxygen atoms in total. The number of benzene rings is 3. The predicted molar refractivity (Wildman–Crippen MR) is 184 cm³/mol. The molecule has 52 heavy (non-hydrogen) atoms. The van der Waals surface area contributed by atoms with Crippen LogP contribution in [0.1, 0.15) is 37.0 Å². The first-order valence-electron chi connectivity index (χ1n) is 16.2. The largest absolute Gasteiger partial charge is 0.480 e. The van der Waals surface area contributed by atoms with Gasteiger partial charge in [0.05, 0.1) is 6.54 Å². The Hall–Kier alpha value is -6.45. The number of hydrogen-bond acceptors (Lipinski definition) is 10. The standard InChI is InChI=1S/C36H41N5O11/c1-23(39-35(48)50-21-26-9-5-3-6-10-26)32(44)38-20-31(43)37-18-17-30(42)41-29(33(45)46)19-25-13-15-28(16-14-25)52-34(47)24(2)40-36(49)51-22-27-11-7-4-8-12-27/h3-16,23-24,29H,17-22H2,1-2H3,(H,37,43)(H,38,44)(H,39,48)(H,40,49)(H,41,42)(H,45,46)/t23-,24-,29-/m0/s1. The van der Waals surface area contributed by atoms with E-state index in [0.717, 1.165) is 11.1 Å². The summed E-state index contributed by atoms with van der Waals surface area (Å²) in [5, 5.41) is 21.6. The summed E-state index contributed by atoms with van der Waals surface area (Å²) in [6.45, 7) is 2.34. The molecule has 6 N–H and O–H groups in total. The summed E-state index contributed by atoms with van der Waals surface area (Å²) in [5.74, 6) is -3.78. The van der Waals surface area contributed by atoms with Crippen LogP contribution in [0.3, 0.4) is 0 Å². The molecule has 3 rings (SSSR count). The second kappa shape index (κ2) is 20.9. The third-order valence-electron chi connectivity index (χ3n) is 7.15. The molecule has 276 valence electrons. The van der Waals surface area contributed by atoms with Crippen LogP contribution in [0.5, 0.6) is 5.75 Å². The van der Waals surface area contributed by atoms with Crippen molar-refractivity contribution in [2.45, 2.75) is 58.0 Å². The molecule has 0 bridgehead atoms. The van der Waals surface area contributed by atoms with E-state index in [2.05, 4.69) is 26.6 Å². The molecule has 0 aliphatic rings. The second-order valence-electron chi connectivity index (χ2n) is 11.4. The van der Waals surface area contributed by atoms with E-state index in [9.17, 15) is 38.7 Å². The van der Waals surface area contributed by atoms with Gasteiger partial charge in [0.1, 0.15) is 37.1 Å². The van der Waals surface area contributed by atoms with Crippen LogP contribution in [-0.4, -0.2) is 78.2 Å². The normalized spacial score (nSPS) is 12.1. The molecule has 0 heterocycles. The molecule has 0 unspecified atom stereocenters. The van der Waals surface area contributed by atoms with Gasteiger partial charge in [0.2, 0.25) is 17.7 Å². The zero-order valence-electron chi connectivity index (χ0n) is 28.6. The number of aliphatic carboxylic acids is 1. The molecule has 3 atom stereocenters. The quantitative estimate of drug-likeness (QED) is 0.0823. The molecule has 0 saturated carbocycles. The van der Waals surface area contributed by atoms with Gasteiger partial charge in [-0.25, -0.2) is 19.2 Å². The topological polar surface area (TPSA) is 228 Å². The molecule has 0 aromatic heterocycles. The molecular formula is C36H41N5O11. The highest BCUT2D eigenvalue weighted by Crippen LogP contribution is 2.15. The Labute approximate surface area is 299 Å². The van der Waals surface area contributed by atoms with Gasteiger partial charge in [0, 0.05) is 19.4 Å². The van der Waals surface area contributed by atoms with Crippen molar-refractivity contribution in [3.05, 3.63) is 102 Å². The third kappa shape index (κ3) is 15.0. The van der Waals surface area contributed by atoms with Gasteiger partial charge >= 0.3 is 24.1 Å². The highest BCUT2D eigenvalue weighted by atomic mass is 16.6. The van der Waals surface area contributed by atoms with Crippen LogP contribution in [0.15, 0.2) is 84.9 Å². The summed E-state index contributed by atoms with van der Waals surface area (Å²) in [7, 11) is 0. The summed E-state index contributed by atoms with van der Waals surface area (Å²) >= 11 is 0. The lowest BCUT2D eigenvalue weighted by Crippen LogP contribution is -2.48. The average molecular weight is 720 g/mol. The molecule has 0 fully saturated rings. The average Bonchev–Trinajstić information content (AvgIpc) is 3.13. The van der Waals surface area contributed by atoms with E-state index in [0.29, 0.717) is 5.56 Å². The molecule has 5 amide bonds. The van der Waals surface area contributed by atoms with Gasteiger partial charge in [-0.1, -0.05) is 72.8 Å². The van der Waals surface area contributed by atoms with Crippen LogP contribution in [0.25, 0.3) is 0 Å². The summed E-state index contributed by atoms with van der Waals surface area (Å²) < 4.78 is 15.4. The van der Waals surface area contributed by atoms with Crippen molar-refractivity contribution in [2.24, 2.45) is 0 Å². The van der Waals surface area contributed by atoms with E-state index in [1.165, 1.54) is 38.1 Å². The zero-order chi connectivity index (χ0) is 37.9. The van der Waals surface area contributed by atoms with Crippen molar-refractivity contribution in [3.63, 3.8) is 0 Å². The number of alkyl carbamates (subject to hydrolysis) is 2. The Morgan fingerprint density at radius 2 is 1.17 bits per heavy atom. The molecule has 0 radical (unpaired) electrons. The zero-order valence-corrected chi connectivity index (χ0v) is 28.6. The Balaban J connectivity index is 1.32. The predicted octanol–water partition coefficient (Wildman–Crippen LogP) is 1.96. The number of carbonyl (C=O) groups is 7. The third-order valence-corrected chi connectivity index (χ3v) is 7.15. The molecule has 3 aromatic rings. The number of carboxylic acid groups (broad SMARTS) is 1. The van der Waals surface area contributed by atoms with Gasteiger partial charge in [-0.05, 0) is 42.7 Å². The van der Waals surface area contributed by atoms with Gasteiger partial charge in [0.25, 0.3) is 0 Å². The lowest BCUT2D eigenvalue weighted by molar-refractivity contribution is -0.141. The maximum Gasteiger partial charge on any atom is 0.408 e. The fourth-order valence-electron chi connectivity index (χ4n) is 4.31. The van der Waals surface area contributed by atoms with Crippen LogP contribution in [0.2, 0.25) is 0 Å². The molecule has 0 aliphatic heterocycles. The van der Waals surface area contributed by atoms with Crippen LogP contribution in [0.4, 0.5) is 9.59 Å². The first kappa shape index (κ1) is 40.0. The molecule has 0 aliphatic carbocycles. The van der Waals surface area contributed by atoms with Crippen LogP contribution < -0.4 is 31.3 Å². The highest BCUT2D eigenvalue weighted by molar-refractivity contribution is 5.89. The monoisotopic (exact) mass is 719 g/mol. The van der Waals surface area contributed by atoms with Crippen LogP contribution in [0, 0.1) is 0 Å². The van der Waals surface area contributed by atoms with Gasteiger partial charge in [-0.3, -0.25) is 14.4 Å². The van der Waals surface area contributed by atoms with Gasteiger partial charge < -0.3 is 45.9 Å². The van der Waals surface area contributed by atoms with Crippen molar-refractivity contribution in [2.75, 3.05) is 13.1 Å². The molecule has 0 spiro atoms. The lowest BCUT2D eigenvalue weighted by Gasteiger charge is -2.16. The van der Waals surface area contributed by atoms with Crippen molar-refractivity contribution < 1.29 is 52.9 Å². The van der Waals surface area contributed by atoms with E-state index in [-0.39, 0.29) is 38.3 Å². The number of amides is 5. The minimum atomic E-state index is -1.30. The number of carboxylic acids is 1. The van der Waals surface area contributed by atoms with Crippen molar-refractivity contribution in [1.82, 2.24) is 26.6 Å². The van der Waals surface area contributed by atoms with E-state index in [4.69, 9.17) is 14.2 Å². The van der Waals surface area contributed by atoms with E-state index < -0.39 is 66.5 Å². The Bertz CT molecular complexity index is 1670. The summed E-state index contributed by atoms with van der Waals surface area (Å²) in [4.78, 5) is 85.0. The molecular weight excluding hydrogens is 678 g/mol. The maximum atomic E-state index is 12.4. The van der Waals surface area contributed by atoms with E-state index in [1.807, 2.05) is 12.1 Å². The highest BCUT2D eigenvalue weighted by Gasteiger charge is 2.22. The lowest BCUT2D eigenvalue weighted by atomic mass is 10.1. The Kier molecular flexibility index (Phi) is 16.1. The number of ether oxygens (including phenoxy) is 3. The number of esters is 1. The van der Waals surface area contributed by atoms with Crippen LogP contribution in [-0.2, 0) is 53.1 Å². The fraction of sp³-hybridized carbons (Fsp3) is 0.306. The van der Waals surface area contributed by atoms with Crippen molar-refractivity contribution >= 4 is 41.8 Å². The molecule has 16 heteroatoms. The van der Waals surface area contributed by atoms with Gasteiger partial charge in [-0.15, -0.1) is 0 Å². The summed E-state index contributed by atoms with van der Waals surface area (Å²) in [5.41, 5.74) is 2.07. The number of rotatable bonds is 18. The minimum absolute atomic E-state index is 0.0209. The van der Waals surface area contributed by atoms with E-state index in [1.54, 1.807) is 48.5 Å². The first-order chi connectivity index (χ1) is 24.9. The van der Waals surface area contributed by atoms with Crippen molar-refractivity contribution in [1.29, 1.82) is 0 Å². The first-order valence-corrected chi connectivity index (χ1v) is 16.2. The number of hydrogen-bond donors (Lipinski definition) is 6. The van der Waals surface area contributed by atoms with Crippen LogP contribution >= 0.6 is 0 Å². The smallest absolute Gasteiger partial charge is 0.408 e. The van der Waals surface area contributed by atoms with Gasteiger partial charge in [-0.2, -0.15) is 0 Å². The van der Waals surface area contributed by atoms with Crippen molar-refractivity contribution in [3.8, 4) is 5.75 Å². The number of carbonyl (C=O) groups excluding carboxylic acids is 6. The van der Waals surface area contributed by atoms with E-state index >= 15 is 0 Å². The minimum Gasteiger partial charge on any atom is -0.480 e. The summed E-state index contributed by atoms with van der Waals surface area (Å²) in [6.07, 6.45) is -1.93. The summed E-state index contributed by atoms with van der Waals surface area (Å²) in [6, 6.07) is 20.6. The Morgan fingerprint density at radius 3 is 1.71 bits per heavy atom. The number of nitrogens with one attached hydrogen (secondary N) is 5. The van der Waals surface area contributed by atoms with Gasteiger partial charge in [0.15, 0.2) is 0 Å². The Morgan fingerprint density at radius 1 is 0.635 bits per heavy atom.